The van der Waals surface area contributed by atoms with E-state index in [0.717, 1.165) is 0 Å². The summed E-state index contributed by atoms with van der Waals surface area (Å²) < 4.78 is 0. The van der Waals surface area contributed by atoms with Gasteiger partial charge in [0.15, 0.2) is 0 Å². The van der Waals surface area contributed by atoms with Crippen LogP contribution in [0.4, 0.5) is 0 Å². The molecule has 0 saturated carbocycles. The Labute approximate surface area is 155 Å². The summed E-state index contributed by atoms with van der Waals surface area (Å²) in [5, 5.41) is 0. The Bertz CT molecular complexity index is 310. The highest BCUT2D eigenvalue weighted by Gasteiger charge is 2.40. The van der Waals surface area contributed by atoms with Gasteiger partial charge < -0.3 is 0 Å². The molecule has 0 spiro atoms. The molecular formula is C23H49N. The van der Waals surface area contributed by atoms with Gasteiger partial charge in [0.1, 0.15) is 0 Å². The lowest BCUT2D eigenvalue weighted by atomic mass is 9.75. The Morgan fingerprint density at radius 3 is 1.25 bits per heavy atom. The molecule has 1 heteroatoms. The maximum atomic E-state index is 2.84. The van der Waals surface area contributed by atoms with Gasteiger partial charge in [-0.2, -0.15) is 0 Å². The Kier molecular flexibility index (Phi) is 9.04. The van der Waals surface area contributed by atoms with Crippen molar-refractivity contribution in [2.24, 2.45) is 10.8 Å². The minimum Gasteiger partial charge on any atom is -0.293 e. The molecule has 0 heterocycles. The van der Waals surface area contributed by atoms with Crippen LogP contribution >= 0.6 is 0 Å². The molecule has 0 aromatic carbocycles. The summed E-state index contributed by atoms with van der Waals surface area (Å²) in [4.78, 5) is 2.84. The van der Waals surface area contributed by atoms with Gasteiger partial charge in [-0.05, 0) is 64.3 Å². The Balaban J connectivity index is 5.20. The van der Waals surface area contributed by atoms with Gasteiger partial charge >= 0.3 is 0 Å². The molecule has 0 radical (unpaired) electrons. The van der Waals surface area contributed by atoms with Crippen molar-refractivity contribution in [2.45, 2.75) is 132 Å². The van der Waals surface area contributed by atoms with E-state index in [1.165, 1.54) is 51.5 Å². The van der Waals surface area contributed by atoms with Gasteiger partial charge in [0.05, 0.1) is 0 Å². The molecule has 0 aliphatic heterocycles. The third kappa shape index (κ3) is 10.1. The molecule has 0 amide bonds. The van der Waals surface area contributed by atoms with E-state index in [9.17, 15) is 0 Å². The summed E-state index contributed by atoms with van der Waals surface area (Å²) in [6.45, 7) is 27.7. The van der Waals surface area contributed by atoms with Crippen molar-refractivity contribution in [3.63, 3.8) is 0 Å². The minimum absolute atomic E-state index is 0.234. The summed E-state index contributed by atoms with van der Waals surface area (Å²) in [6.07, 6.45) is 9.29. The van der Waals surface area contributed by atoms with E-state index < -0.39 is 0 Å². The van der Waals surface area contributed by atoms with Gasteiger partial charge in [-0.15, -0.1) is 0 Å². The monoisotopic (exact) mass is 339 g/mol. The maximum Gasteiger partial charge on any atom is 0.0163 e. The summed E-state index contributed by atoms with van der Waals surface area (Å²) in [7, 11) is 0. The minimum atomic E-state index is 0.234. The molecule has 0 rings (SSSR count). The fourth-order valence-corrected chi connectivity index (χ4v) is 5.08. The zero-order chi connectivity index (χ0) is 19.2. The fraction of sp³-hybridized carbons (Fsp3) is 1.00. The lowest BCUT2D eigenvalue weighted by Crippen LogP contribution is -2.58. The first-order chi connectivity index (χ1) is 10.6. The van der Waals surface area contributed by atoms with Crippen molar-refractivity contribution in [3.05, 3.63) is 0 Å². The molecule has 0 fully saturated rings. The third-order valence-electron chi connectivity index (χ3n) is 4.87. The maximum absolute atomic E-state index is 2.84. The van der Waals surface area contributed by atoms with Crippen LogP contribution < -0.4 is 0 Å². The summed E-state index contributed by atoms with van der Waals surface area (Å²) in [5.74, 6) is 0. The highest BCUT2D eigenvalue weighted by Crippen LogP contribution is 2.40. The van der Waals surface area contributed by atoms with E-state index in [1.54, 1.807) is 0 Å². The molecule has 0 unspecified atom stereocenters. The average molecular weight is 340 g/mol. The second-order valence-corrected chi connectivity index (χ2v) is 11.7. The summed E-state index contributed by atoms with van der Waals surface area (Å²) >= 11 is 0. The Morgan fingerprint density at radius 2 is 0.917 bits per heavy atom. The number of hydrogen-bond donors (Lipinski definition) is 0. The van der Waals surface area contributed by atoms with E-state index in [4.69, 9.17) is 0 Å². The predicted molar refractivity (Wildman–Crippen MR) is 112 cm³/mol. The molecule has 0 aromatic rings. The number of nitrogens with zero attached hydrogens (tertiary/aromatic N) is 1. The van der Waals surface area contributed by atoms with E-state index in [0.29, 0.717) is 10.8 Å². The standard InChI is InChI=1S/C23H49N/c1-12-13-14-15-16-17-24(22(8,9)18-20(2,3)4)23(10,11)19-21(5,6)7/h12-19H2,1-11H3. The smallest absolute Gasteiger partial charge is 0.0163 e. The van der Waals surface area contributed by atoms with Crippen molar-refractivity contribution >= 4 is 0 Å². The molecular weight excluding hydrogens is 290 g/mol. The molecule has 0 saturated heterocycles. The second kappa shape index (κ2) is 9.06. The van der Waals surface area contributed by atoms with Crippen LogP contribution in [-0.2, 0) is 0 Å². The second-order valence-electron chi connectivity index (χ2n) is 11.7. The highest BCUT2D eigenvalue weighted by atomic mass is 15.2. The van der Waals surface area contributed by atoms with Gasteiger partial charge in [0.2, 0.25) is 0 Å². The lowest BCUT2D eigenvalue weighted by molar-refractivity contribution is -0.0266. The van der Waals surface area contributed by atoms with Crippen molar-refractivity contribution in [2.75, 3.05) is 6.54 Å². The fourth-order valence-electron chi connectivity index (χ4n) is 5.08. The van der Waals surface area contributed by atoms with E-state index in [1.807, 2.05) is 0 Å². The van der Waals surface area contributed by atoms with Crippen LogP contribution in [0.15, 0.2) is 0 Å². The largest absolute Gasteiger partial charge is 0.293 e. The van der Waals surface area contributed by atoms with Gasteiger partial charge in [-0.25, -0.2) is 0 Å². The van der Waals surface area contributed by atoms with Crippen molar-refractivity contribution in [3.8, 4) is 0 Å². The van der Waals surface area contributed by atoms with Crippen molar-refractivity contribution in [1.82, 2.24) is 4.90 Å². The molecule has 1 nitrogen and oxygen atoms in total. The lowest BCUT2D eigenvalue weighted by Gasteiger charge is -2.52. The summed E-state index contributed by atoms with van der Waals surface area (Å²) in [5.41, 5.74) is 1.19. The number of rotatable bonds is 10. The van der Waals surface area contributed by atoms with Crippen molar-refractivity contribution in [1.29, 1.82) is 0 Å². The molecule has 0 aliphatic rings. The van der Waals surface area contributed by atoms with Crippen LogP contribution in [0.1, 0.15) is 121 Å². The van der Waals surface area contributed by atoms with Crippen LogP contribution in [0.5, 0.6) is 0 Å². The summed E-state index contributed by atoms with van der Waals surface area (Å²) in [6, 6.07) is 0. The molecule has 0 bridgehead atoms. The topological polar surface area (TPSA) is 3.24 Å². The van der Waals surface area contributed by atoms with Crippen LogP contribution in [0, 0.1) is 10.8 Å². The van der Waals surface area contributed by atoms with E-state index in [-0.39, 0.29) is 11.1 Å². The first-order valence-corrected chi connectivity index (χ1v) is 10.4. The third-order valence-corrected chi connectivity index (χ3v) is 4.87. The Morgan fingerprint density at radius 1 is 0.542 bits per heavy atom. The van der Waals surface area contributed by atoms with Crippen LogP contribution in [0.2, 0.25) is 0 Å². The van der Waals surface area contributed by atoms with Crippen molar-refractivity contribution < 1.29 is 0 Å². The van der Waals surface area contributed by atoms with Gasteiger partial charge in [-0.3, -0.25) is 4.90 Å². The van der Waals surface area contributed by atoms with Crippen LogP contribution in [0.25, 0.3) is 0 Å². The first-order valence-electron chi connectivity index (χ1n) is 10.4. The SMILES string of the molecule is CCCCCCCN(C(C)(C)CC(C)(C)C)C(C)(C)CC(C)(C)C. The molecule has 24 heavy (non-hydrogen) atoms. The molecule has 0 N–H and O–H groups in total. The van der Waals surface area contributed by atoms with Crippen LogP contribution in [0.3, 0.4) is 0 Å². The molecule has 0 atom stereocenters. The average Bonchev–Trinajstić information content (AvgIpc) is 2.26. The highest BCUT2D eigenvalue weighted by molar-refractivity contribution is 4.96. The molecule has 0 aliphatic carbocycles. The normalized spacial score (nSPS) is 14.5. The van der Waals surface area contributed by atoms with E-state index >= 15 is 0 Å². The quantitative estimate of drug-likeness (QED) is 0.369. The van der Waals surface area contributed by atoms with Gasteiger partial charge in [-0.1, -0.05) is 74.1 Å². The van der Waals surface area contributed by atoms with E-state index in [2.05, 4.69) is 81.1 Å². The number of unbranched alkanes of at least 4 members (excludes halogenated alkanes) is 4. The zero-order valence-corrected chi connectivity index (χ0v) is 19.1. The Hall–Kier alpha value is -0.0400. The zero-order valence-electron chi connectivity index (χ0n) is 19.1. The van der Waals surface area contributed by atoms with Gasteiger partial charge in [0.25, 0.3) is 0 Å². The predicted octanol–water partition coefficient (Wildman–Crippen LogP) is 7.69. The molecule has 146 valence electrons. The molecule has 0 aromatic heterocycles. The number of hydrogen-bond acceptors (Lipinski definition) is 1. The first kappa shape index (κ1) is 24.0. The van der Waals surface area contributed by atoms with Gasteiger partial charge in [0, 0.05) is 11.1 Å². The van der Waals surface area contributed by atoms with Crippen LogP contribution in [-0.4, -0.2) is 22.5 Å².